The first-order chi connectivity index (χ1) is 17.6. The zero-order chi connectivity index (χ0) is 26.6. The summed E-state index contributed by atoms with van der Waals surface area (Å²) in [7, 11) is 0. The number of rotatable bonds is 7. The predicted octanol–water partition coefficient (Wildman–Crippen LogP) is 4.43. The number of hydrogen-bond donors (Lipinski definition) is 2. The predicted molar refractivity (Wildman–Crippen MR) is 145 cm³/mol. The third kappa shape index (κ3) is 7.09. The first-order valence-corrected chi connectivity index (χ1v) is 13.7. The van der Waals surface area contributed by atoms with E-state index in [0.717, 1.165) is 26.9 Å². The van der Waals surface area contributed by atoms with Crippen molar-refractivity contribution >= 4 is 45.1 Å². The largest absolute Gasteiger partial charge is 0.390 e. The average molecular weight is 586 g/mol. The highest BCUT2D eigenvalue weighted by atomic mass is 79.9. The second-order valence-corrected chi connectivity index (χ2v) is 12.0. The molecule has 2 N–H and O–H groups in total. The molecule has 3 heterocycles. The Labute approximate surface area is 228 Å². The van der Waals surface area contributed by atoms with Crippen molar-refractivity contribution in [2.45, 2.75) is 57.5 Å². The van der Waals surface area contributed by atoms with Crippen LogP contribution in [-0.4, -0.2) is 46.4 Å². The molecule has 8 nitrogen and oxygen atoms in total. The molecule has 1 aliphatic heterocycles. The summed E-state index contributed by atoms with van der Waals surface area (Å²) in [4.78, 5) is 48.8. The molecule has 0 aliphatic carbocycles. The molecule has 3 aromatic rings. The number of nitrogens with one attached hydrogen (secondary N) is 2. The van der Waals surface area contributed by atoms with Crippen molar-refractivity contribution in [1.29, 1.82) is 0 Å². The molecule has 4 rings (SSSR count). The number of carbonyl (C=O) groups excluding carboxylic acids is 3. The molecule has 37 heavy (non-hydrogen) atoms. The van der Waals surface area contributed by atoms with Crippen molar-refractivity contribution in [3.05, 3.63) is 68.6 Å². The smallest absolute Gasteiger partial charge is 0.336 e. The molecule has 1 fully saturated rings. The molecule has 2 atom stereocenters. The number of aromatic nitrogens is 2. The summed E-state index contributed by atoms with van der Waals surface area (Å²) in [5.41, 5.74) is 1.51. The maximum absolute atomic E-state index is 13.1. The van der Waals surface area contributed by atoms with Gasteiger partial charge < -0.3 is 15.4 Å². The van der Waals surface area contributed by atoms with Crippen LogP contribution >= 0.6 is 27.3 Å². The van der Waals surface area contributed by atoms with Crippen LogP contribution in [0.15, 0.2) is 53.3 Å². The molecule has 1 amide bonds. The van der Waals surface area contributed by atoms with Gasteiger partial charge in [0.1, 0.15) is 12.1 Å². The lowest BCUT2D eigenvalue weighted by Crippen LogP contribution is -2.45. The molecule has 0 radical (unpaired) electrons. The van der Waals surface area contributed by atoms with E-state index in [9.17, 15) is 14.4 Å². The fourth-order valence-corrected chi connectivity index (χ4v) is 5.07. The lowest BCUT2D eigenvalue weighted by molar-refractivity contribution is -0.162. The minimum absolute atomic E-state index is 0.0947. The van der Waals surface area contributed by atoms with Gasteiger partial charge in [0, 0.05) is 29.3 Å². The third-order valence-corrected chi connectivity index (χ3v) is 7.90. The molecule has 1 saturated heterocycles. The summed E-state index contributed by atoms with van der Waals surface area (Å²) < 4.78 is 5.98. The van der Waals surface area contributed by atoms with Gasteiger partial charge in [-0.15, -0.1) is 11.3 Å². The van der Waals surface area contributed by atoms with E-state index in [1.165, 1.54) is 11.3 Å². The van der Waals surface area contributed by atoms with Crippen LogP contribution in [0.25, 0.3) is 11.4 Å². The van der Waals surface area contributed by atoms with Gasteiger partial charge in [-0.25, -0.2) is 19.6 Å². The van der Waals surface area contributed by atoms with Crippen molar-refractivity contribution in [3.63, 3.8) is 0 Å². The van der Waals surface area contributed by atoms with E-state index < -0.39 is 24.0 Å². The van der Waals surface area contributed by atoms with Gasteiger partial charge in [-0.05, 0) is 58.4 Å². The Morgan fingerprint density at radius 1 is 1.14 bits per heavy atom. The van der Waals surface area contributed by atoms with Crippen LogP contribution in [0, 0.1) is 0 Å². The molecule has 194 valence electrons. The Bertz CT molecular complexity index is 1260. The zero-order valence-electron chi connectivity index (χ0n) is 20.9. The number of nitrogens with zero attached hydrogens (tertiary/aromatic N) is 2. The van der Waals surface area contributed by atoms with Crippen LogP contribution in [0.2, 0.25) is 0 Å². The highest BCUT2D eigenvalue weighted by molar-refractivity contribution is 9.10. The average Bonchev–Trinajstić information content (AvgIpc) is 3.57. The first-order valence-electron chi connectivity index (χ1n) is 12.1. The van der Waals surface area contributed by atoms with Crippen LogP contribution in [0.3, 0.4) is 0 Å². The minimum Gasteiger partial charge on any atom is -0.390 e. The summed E-state index contributed by atoms with van der Waals surface area (Å²) in [6, 6.07) is 9.53. The molecule has 0 bridgehead atoms. The molecule has 10 heteroatoms. The number of carbonyl (C=O) groups is 3. The summed E-state index contributed by atoms with van der Waals surface area (Å²) in [5.74, 6) is -1.20. The van der Waals surface area contributed by atoms with Crippen molar-refractivity contribution in [2.75, 3.05) is 6.54 Å². The van der Waals surface area contributed by atoms with Gasteiger partial charge in [0.2, 0.25) is 0 Å². The van der Waals surface area contributed by atoms with E-state index in [1.807, 2.05) is 30.3 Å². The number of thiophene rings is 1. The number of halogens is 1. The maximum Gasteiger partial charge on any atom is 0.336 e. The number of ether oxygens (including phenoxy) is 1. The molecule has 0 spiro atoms. The topological polar surface area (TPSA) is 110 Å². The van der Waals surface area contributed by atoms with Crippen molar-refractivity contribution in [2.24, 2.45) is 0 Å². The van der Waals surface area contributed by atoms with Crippen LogP contribution in [-0.2, 0) is 26.2 Å². The van der Waals surface area contributed by atoms with E-state index >= 15 is 0 Å². The van der Waals surface area contributed by atoms with Gasteiger partial charge in [-0.2, -0.15) is 0 Å². The molecule has 1 aliphatic rings. The normalized spacial score (nSPS) is 16.3. The van der Waals surface area contributed by atoms with Crippen molar-refractivity contribution in [3.8, 4) is 11.4 Å². The van der Waals surface area contributed by atoms with Crippen LogP contribution < -0.4 is 10.6 Å². The van der Waals surface area contributed by atoms with E-state index in [-0.39, 0.29) is 17.7 Å². The monoisotopic (exact) mass is 584 g/mol. The Morgan fingerprint density at radius 2 is 1.84 bits per heavy atom. The van der Waals surface area contributed by atoms with E-state index in [1.54, 1.807) is 18.5 Å². The lowest BCUT2D eigenvalue weighted by atomic mass is 9.95. The van der Waals surface area contributed by atoms with Crippen molar-refractivity contribution in [1.82, 2.24) is 20.6 Å². The third-order valence-electron chi connectivity index (χ3n) is 5.98. The molecule has 1 unspecified atom stereocenters. The number of esters is 2. The number of amides is 1. The molecular formula is C27H29BrN4O4S. The highest BCUT2D eigenvalue weighted by Crippen LogP contribution is 2.29. The molecule has 2 aromatic heterocycles. The van der Waals surface area contributed by atoms with Crippen LogP contribution in [0.1, 0.15) is 53.7 Å². The highest BCUT2D eigenvalue weighted by Gasteiger charge is 2.31. The van der Waals surface area contributed by atoms with Gasteiger partial charge in [-0.1, -0.05) is 45.0 Å². The number of benzene rings is 1. The Morgan fingerprint density at radius 3 is 2.43 bits per heavy atom. The lowest BCUT2D eigenvalue weighted by Gasteiger charge is -2.18. The van der Waals surface area contributed by atoms with Gasteiger partial charge in [0.15, 0.2) is 5.82 Å². The van der Waals surface area contributed by atoms with E-state index in [2.05, 4.69) is 57.3 Å². The SMILES string of the molecule is CC(C)(C)c1ccc(C(=O)NC(Cc2ccc(-c3ncc(Br)cn3)cc2)C(=O)OC(=O)[C@@H]2CCCN2)s1. The van der Waals surface area contributed by atoms with Crippen molar-refractivity contribution < 1.29 is 19.1 Å². The van der Waals surface area contributed by atoms with Gasteiger partial charge in [-0.3, -0.25) is 4.79 Å². The Kier molecular flexibility index (Phi) is 8.51. The van der Waals surface area contributed by atoms with E-state index in [4.69, 9.17) is 4.74 Å². The summed E-state index contributed by atoms with van der Waals surface area (Å²) >= 11 is 4.71. The fourth-order valence-electron chi connectivity index (χ4n) is 3.90. The Hall–Kier alpha value is -2.95. The molecule has 0 saturated carbocycles. The summed E-state index contributed by atoms with van der Waals surface area (Å²) in [6.45, 7) is 6.93. The fraction of sp³-hybridized carbons (Fsp3) is 0.370. The second-order valence-electron chi connectivity index (χ2n) is 9.95. The molecule has 1 aromatic carbocycles. The van der Waals surface area contributed by atoms with Gasteiger partial charge in [0.25, 0.3) is 5.91 Å². The second kappa shape index (κ2) is 11.6. The van der Waals surface area contributed by atoms with Crippen LogP contribution in [0.4, 0.5) is 0 Å². The summed E-state index contributed by atoms with van der Waals surface area (Å²) in [5, 5.41) is 5.82. The Balaban J connectivity index is 1.51. The molecular weight excluding hydrogens is 556 g/mol. The zero-order valence-corrected chi connectivity index (χ0v) is 23.3. The van der Waals surface area contributed by atoms with Gasteiger partial charge >= 0.3 is 11.9 Å². The summed E-state index contributed by atoms with van der Waals surface area (Å²) in [6.07, 6.45) is 4.97. The standard InChI is InChI=1S/C27H29BrN4O4S/c1-27(2,3)22-11-10-21(37-22)24(33)32-20(26(35)36-25(34)19-5-4-12-29-19)13-16-6-8-17(9-7-16)23-30-14-18(28)15-31-23/h6-11,14-15,19-20,29H,4-5,12-13H2,1-3H3,(H,32,33)/t19-,20?/m0/s1. The van der Waals surface area contributed by atoms with Crippen LogP contribution in [0.5, 0.6) is 0 Å². The minimum atomic E-state index is -1.03. The first kappa shape index (κ1) is 27.1. The number of hydrogen-bond acceptors (Lipinski definition) is 8. The quantitative estimate of drug-likeness (QED) is 0.312. The van der Waals surface area contributed by atoms with Gasteiger partial charge in [0.05, 0.1) is 9.35 Å². The maximum atomic E-state index is 13.1. The van der Waals surface area contributed by atoms with E-state index in [0.29, 0.717) is 23.7 Å².